The van der Waals surface area contributed by atoms with E-state index in [2.05, 4.69) is 11.9 Å². The Morgan fingerprint density at radius 1 is 0.857 bits per heavy atom. The van der Waals surface area contributed by atoms with Crippen molar-refractivity contribution in [2.24, 2.45) is 0 Å². The van der Waals surface area contributed by atoms with E-state index in [0.717, 1.165) is 39.3 Å². The summed E-state index contributed by atoms with van der Waals surface area (Å²) in [5.41, 5.74) is 0. The van der Waals surface area contributed by atoms with Gasteiger partial charge >= 0.3 is 6.03 Å². The number of rotatable bonds is 0. The van der Waals surface area contributed by atoms with Crippen LogP contribution in [0, 0.1) is 0 Å². The highest BCUT2D eigenvalue weighted by atomic mass is 16.2. The average Bonchev–Trinajstić information content (AvgIpc) is 2.71. The smallest absolute Gasteiger partial charge is 0.320 e. The Kier molecular flexibility index (Phi) is 2.91. The lowest BCUT2D eigenvalue weighted by atomic mass is 10.3. The van der Waals surface area contributed by atoms with Gasteiger partial charge in [0, 0.05) is 39.3 Å². The van der Waals surface area contributed by atoms with Crippen LogP contribution in [0.15, 0.2) is 0 Å². The molecule has 2 saturated heterocycles. The molecule has 2 aliphatic rings. The third kappa shape index (κ3) is 2.00. The first-order valence-electron chi connectivity index (χ1n) is 5.50. The molecule has 0 unspecified atom stereocenters. The van der Waals surface area contributed by atoms with E-state index in [1.807, 2.05) is 9.80 Å². The molecule has 4 heteroatoms. The number of amides is 2. The minimum absolute atomic E-state index is 0.260. The molecule has 2 aliphatic heterocycles. The zero-order valence-corrected chi connectivity index (χ0v) is 8.91. The molecule has 0 bridgehead atoms. The standard InChI is InChI=1S/C10H19N3O/c1-11-6-8-13(9-7-11)10(14)12-4-2-3-5-12/h2-9H2,1H3. The lowest BCUT2D eigenvalue weighted by molar-refractivity contribution is 0.129. The van der Waals surface area contributed by atoms with Gasteiger partial charge in [0.2, 0.25) is 0 Å². The molecule has 14 heavy (non-hydrogen) atoms. The topological polar surface area (TPSA) is 26.8 Å². The van der Waals surface area contributed by atoms with E-state index < -0.39 is 0 Å². The van der Waals surface area contributed by atoms with E-state index in [-0.39, 0.29) is 6.03 Å². The van der Waals surface area contributed by atoms with Crippen LogP contribution in [0.2, 0.25) is 0 Å². The van der Waals surface area contributed by atoms with Crippen molar-refractivity contribution in [2.75, 3.05) is 46.3 Å². The second kappa shape index (κ2) is 4.17. The molecule has 2 amide bonds. The summed E-state index contributed by atoms with van der Waals surface area (Å²) in [6.45, 7) is 5.74. The van der Waals surface area contributed by atoms with Crippen LogP contribution in [-0.2, 0) is 0 Å². The summed E-state index contributed by atoms with van der Waals surface area (Å²) in [6, 6.07) is 0.260. The Bertz CT molecular complexity index is 205. The summed E-state index contributed by atoms with van der Waals surface area (Å²) in [5, 5.41) is 0. The Balaban J connectivity index is 1.85. The zero-order chi connectivity index (χ0) is 9.97. The van der Waals surface area contributed by atoms with Crippen molar-refractivity contribution >= 4 is 6.03 Å². The van der Waals surface area contributed by atoms with Gasteiger partial charge in [-0.25, -0.2) is 4.79 Å². The minimum Gasteiger partial charge on any atom is -0.325 e. The first-order valence-corrected chi connectivity index (χ1v) is 5.50. The maximum atomic E-state index is 11.9. The predicted octanol–water partition coefficient (Wildman–Crippen LogP) is 0.450. The van der Waals surface area contributed by atoms with Gasteiger partial charge in [-0.3, -0.25) is 0 Å². The van der Waals surface area contributed by atoms with E-state index in [1.165, 1.54) is 12.8 Å². The van der Waals surface area contributed by atoms with Crippen molar-refractivity contribution in [3.63, 3.8) is 0 Å². The molecule has 2 fully saturated rings. The first-order chi connectivity index (χ1) is 6.77. The summed E-state index contributed by atoms with van der Waals surface area (Å²) < 4.78 is 0. The number of nitrogens with zero attached hydrogens (tertiary/aromatic N) is 3. The molecule has 4 nitrogen and oxygen atoms in total. The van der Waals surface area contributed by atoms with Gasteiger partial charge in [0.25, 0.3) is 0 Å². The summed E-state index contributed by atoms with van der Waals surface area (Å²) in [4.78, 5) is 18.2. The largest absolute Gasteiger partial charge is 0.325 e. The Hall–Kier alpha value is -0.770. The van der Waals surface area contributed by atoms with Crippen molar-refractivity contribution in [3.05, 3.63) is 0 Å². The van der Waals surface area contributed by atoms with Crippen LogP contribution >= 0.6 is 0 Å². The fourth-order valence-corrected chi connectivity index (χ4v) is 2.11. The number of carbonyl (C=O) groups excluding carboxylic acids is 1. The Labute approximate surface area is 85.5 Å². The number of hydrogen-bond donors (Lipinski definition) is 0. The number of urea groups is 1. The van der Waals surface area contributed by atoms with Gasteiger partial charge in [0.1, 0.15) is 0 Å². The van der Waals surface area contributed by atoms with Crippen molar-refractivity contribution in [1.82, 2.24) is 14.7 Å². The lowest BCUT2D eigenvalue weighted by Crippen LogP contribution is -2.51. The van der Waals surface area contributed by atoms with Gasteiger partial charge in [0.05, 0.1) is 0 Å². The van der Waals surface area contributed by atoms with Crippen molar-refractivity contribution < 1.29 is 4.79 Å². The third-order valence-electron chi connectivity index (χ3n) is 3.15. The van der Waals surface area contributed by atoms with E-state index >= 15 is 0 Å². The van der Waals surface area contributed by atoms with Gasteiger partial charge in [-0.1, -0.05) is 0 Å². The van der Waals surface area contributed by atoms with Crippen LogP contribution in [0.25, 0.3) is 0 Å². The highest BCUT2D eigenvalue weighted by Gasteiger charge is 2.25. The summed E-state index contributed by atoms with van der Waals surface area (Å²) in [6.07, 6.45) is 2.36. The van der Waals surface area contributed by atoms with E-state index in [0.29, 0.717) is 0 Å². The summed E-state index contributed by atoms with van der Waals surface area (Å²) in [7, 11) is 2.11. The average molecular weight is 197 g/mol. The summed E-state index contributed by atoms with van der Waals surface area (Å²) >= 11 is 0. The van der Waals surface area contributed by atoms with Gasteiger partial charge in [0.15, 0.2) is 0 Å². The fourth-order valence-electron chi connectivity index (χ4n) is 2.11. The third-order valence-corrected chi connectivity index (χ3v) is 3.15. The molecular formula is C10H19N3O. The zero-order valence-electron chi connectivity index (χ0n) is 8.91. The molecule has 80 valence electrons. The Morgan fingerprint density at radius 3 is 1.93 bits per heavy atom. The van der Waals surface area contributed by atoms with Crippen LogP contribution in [0.1, 0.15) is 12.8 Å². The Morgan fingerprint density at radius 2 is 1.36 bits per heavy atom. The van der Waals surface area contributed by atoms with Crippen LogP contribution in [0.4, 0.5) is 4.79 Å². The van der Waals surface area contributed by atoms with E-state index in [4.69, 9.17) is 0 Å². The number of likely N-dealkylation sites (tertiary alicyclic amines) is 1. The molecule has 0 radical (unpaired) electrons. The molecule has 2 rings (SSSR count). The summed E-state index contributed by atoms with van der Waals surface area (Å²) in [5.74, 6) is 0. The normalized spacial score (nSPS) is 24.4. The lowest BCUT2D eigenvalue weighted by Gasteiger charge is -2.34. The van der Waals surface area contributed by atoms with Crippen LogP contribution in [0.5, 0.6) is 0 Å². The minimum atomic E-state index is 0.260. The molecule has 0 aromatic heterocycles. The molecule has 0 aliphatic carbocycles. The molecule has 0 N–H and O–H groups in total. The number of carbonyl (C=O) groups is 1. The van der Waals surface area contributed by atoms with Gasteiger partial charge in [-0.15, -0.1) is 0 Å². The van der Waals surface area contributed by atoms with E-state index in [1.54, 1.807) is 0 Å². The molecule has 0 saturated carbocycles. The van der Waals surface area contributed by atoms with Crippen LogP contribution in [0.3, 0.4) is 0 Å². The molecule has 0 atom stereocenters. The molecular weight excluding hydrogens is 178 g/mol. The van der Waals surface area contributed by atoms with E-state index in [9.17, 15) is 4.79 Å². The maximum Gasteiger partial charge on any atom is 0.320 e. The molecule has 0 aromatic carbocycles. The fraction of sp³-hybridized carbons (Fsp3) is 0.900. The number of likely N-dealkylation sites (N-methyl/N-ethyl adjacent to an activating group) is 1. The van der Waals surface area contributed by atoms with Crippen LogP contribution < -0.4 is 0 Å². The van der Waals surface area contributed by atoms with Crippen LogP contribution in [-0.4, -0.2) is 67.0 Å². The van der Waals surface area contributed by atoms with Gasteiger partial charge in [-0.2, -0.15) is 0 Å². The van der Waals surface area contributed by atoms with Gasteiger partial charge < -0.3 is 14.7 Å². The molecule has 0 aromatic rings. The molecule has 2 heterocycles. The number of piperazine rings is 1. The SMILES string of the molecule is CN1CCN(C(=O)N2CCCC2)CC1. The maximum absolute atomic E-state index is 11.9. The predicted molar refractivity (Wildman–Crippen MR) is 55.3 cm³/mol. The van der Waals surface area contributed by atoms with Crippen molar-refractivity contribution in [3.8, 4) is 0 Å². The highest BCUT2D eigenvalue weighted by molar-refractivity contribution is 5.74. The number of hydrogen-bond acceptors (Lipinski definition) is 2. The van der Waals surface area contributed by atoms with Gasteiger partial charge in [-0.05, 0) is 19.9 Å². The van der Waals surface area contributed by atoms with Crippen molar-refractivity contribution in [2.45, 2.75) is 12.8 Å². The first kappa shape index (κ1) is 9.77. The second-order valence-corrected chi connectivity index (χ2v) is 4.27. The second-order valence-electron chi connectivity index (χ2n) is 4.27. The highest BCUT2D eigenvalue weighted by Crippen LogP contribution is 2.11. The van der Waals surface area contributed by atoms with Crippen molar-refractivity contribution in [1.29, 1.82) is 0 Å². The monoisotopic (exact) mass is 197 g/mol. The molecule has 0 spiro atoms. The quantitative estimate of drug-likeness (QED) is 0.564.